The molecule has 5 heterocycles. The zero-order valence-electron chi connectivity index (χ0n) is 45.9. The summed E-state index contributed by atoms with van der Waals surface area (Å²) in [6.07, 6.45) is 0.771. The van der Waals surface area contributed by atoms with Gasteiger partial charge in [0.2, 0.25) is 21.9 Å². The van der Waals surface area contributed by atoms with Crippen molar-refractivity contribution < 1.29 is 50.2 Å². The second-order valence-electron chi connectivity index (χ2n) is 21.7. The van der Waals surface area contributed by atoms with Crippen molar-refractivity contribution in [1.82, 2.24) is 24.6 Å². The zero-order chi connectivity index (χ0) is 57.7. The summed E-state index contributed by atoms with van der Waals surface area (Å²) in [4.78, 5) is 69.9. The number of amides is 3. The van der Waals surface area contributed by atoms with Crippen LogP contribution in [0.25, 0.3) is 5.69 Å². The number of Topliss-reactive ketones (excluding diaryl/α,β-unsaturated/α-hetero) is 1. The van der Waals surface area contributed by atoms with E-state index in [4.69, 9.17) is 20.2 Å². The van der Waals surface area contributed by atoms with E-state index in [0.717, 1.165) is 33.8 Å². The first kappa shape index (κ1) is 56.1. The van der Waals surface area contributed by atoms with Crippen LogP contribution in [-0.4, -0.2) is 116 Å². The van der Waals surface area contributed by atoms with Gasteiger partial charge >= 0.3 is 6.18 Å². The first-order chi connectivity index (χ1) is 38.5. The van der Waals surface area contributed by atoms with Crippen molar-refractivity contribution in [2.45, 2.75) is 72.4 Å². The van der Waals surface area contributed by atoms with Crippen LogP contribution in [0.4, 0.5) is 59.1 Å². The number of rotatable bonds is 15. The molecule has 4 aromatic carbocycles. The molecule has 0 radical (unpaired) electrons. The number of piperidine rings is 2. The van der Waals surface area contributed by atoms with Gasteiger partial charge in [0.05, 0.1) is 70.8 Å². The van der Waals surface area contributed by atoms with Crippen molar-refractivity contribution in [3.05, 3.63) is 119 Å². The van der Waals surface area contributed by atoms with Gasteiger partial charge in [0, 0.05) is 69.6 Å². The van der Waals surface area contributed by atoms with Crippen LogP contribution in [0, 0.1) is 17.3 Å². The number of ketones is 1. The molecule has 2 aromatic heterocycles. The number of carbonyl (C=O) groups excluding carboxylic acids is 4. The van der Waals surface area contributed by atoms with Gasteiger partial charge in [-0.05, 0) is 124 Å². The molecule has 4 aliphatic rings. The molecular formula is C58H64F3N11O8S. The Kier molecular flexibility index (Phi) is 15.3. The van der Waals surface area contributed by atoms with Crippen LogP contribution in [0.1, 0.15) is 102 Å². The molecule has 426 valence electrons. The molecule has 1 aliphatic carbocycles. The van der Waals surface area contributed by atoms with E-state index < -0.39 is 50.5 Å². The second kappa shape index (κ2) is 22.0. The summed E-state index contributed by atoms with van der Waals surface area (Å²) in [6, 6.07) is 23.8. The largest absolute Gasteiger partial charge is 0.493 e. The minimum atomic E-state index is -4.85. The highest BCUT2D eigenvalue weighted by molar-refractivity contribution is 7.92. The lowest BCUT2D eigenvalue weighted by atomic mass is 9.75. The average Bonchev–Trinajstić information content (AvgIpc) is 3.20. The van der Waals surface area contributed by atoms with Crippen LogP contribution < -0.4 is 39.5 Å². The third-order valence-electron chi connectivity index (χ3n) is 15.5. The van der Waals surface area contributed by atoms with E-state index >= 15 is 0 Å². The summed E-state index contributed by atoms with van der Waals surface area (Å²) in [7, 11) is -2.40. The molecular weight excluding hydrogens is 1070 g/mol. The first-order valence-electron chi connectivity index (χ1n) is 27.0. The van der Waals surface area contributed by atoms with Gasteiger partial charge < -0.3 is 40.1 Å². The number of nitrogens with one attached hydrogen (secondary N) is 1. The number of sulfonamides is 1. The number of likely N-dealkylation sites (tertiary alicyclic amines) is 1. The normalized spacial score (nSPS) is 16.8. The number of hydrogen-bond acceptors (Lipinski definition) is 14. The molecule has 81 heavy (non-hydrogen) atoms. The quantitative estimate of drug-likeness (QED) is 0.0979. The number of benzene rings is 4. The zero-order valence-corrected chi connectivity index (χ0v) is 46.7. The topological polar surface area (TPSA) is 219 Å². The lowest BCUT2D eigenvalue weighted by Gasteiger charge is -2.38. The molecule has 0 bridgehead atoms. The van der Waals surface area contributed by atoms with Gasteiger partial charge in [-0.1, -0.05) is 26.0 Å². The van der Waals surface area contributed by atoms with Crippen LogP contribution in [-0.2, 0) is 27.4 Å². The molecule has 3 aliphatic heterocycles. The molecule has 0 unspecified atom stereocenters. The molecule has 10 rings (SSSR count). The van der Waals surface area contributed by atoms with Crippen LogP contribution in [0.15, 0.2) is 91.1 Å². The summed E-state index contributed by atoms with van der Waals surface area (Å²) in [6.45, 7) is 11.3. The smallest absolute Gasteiger partial charge is 0.435 e. The number of nitrogens with zero attached hydrogens (tertiary/aromatic N) is 9. The standard InChI is InChI=1S/C58H64F3N11O8S/c1-7-70(56-63-33-47-53(65-56)72(81(6,77)78)44-12-10-9-11-42(44)55(76)67(47)5)45-20-16-38(30-49(45)79-8-2)68-27-23-36(24-28-68)54(75)69-25-21-35(22-26-69)34-80-40-17-13-37(14-18-40)64-43-29-39(15-19-41(43)52(62)74)71-46-31-57(3,4)32-48(73)50(46)51(66-71)58(59,60)61/h9-20,29-30,33,35-36,64H,7-8,21-28,31-32,34H2,1-6H3,(H2,62,74). The number of hydrogen-bond donors (Lipinski definition) is 2. The maximum absolute atomic E-state index is 14.2. The Morgan fingerprint density at radius 2 is 1.58 bits per heavy atom. The van der Waals surface area contributed by atoms with E-state index in [0.29, 0.717) is 81.7 Å². The summed E-state index contributed by atoms with van der Waals surface area (Å²) >= 11 is 0. The molecule has 2 saturated heterocycles. The highest BCUT2D eigenvalue weighted by atomic mass is 32.2. The Balaban J connectivity index is 0.736. The average molecular weight is 1130 g/mol. The van der Waals surface area contributed by atoms with E-state index in [1.165, 1.54) is 29.3 Å². The number of primary amides is 1. The third kappa shape index (κ3) is 11.3. The second-order valence-corrected chi connectivity index (χ2v) is 23.6. The number of nitrogens with two attached hydrogens (primary N) is 1. The van der Waals surface area contributed by atoms with Gasteiger partial charge in [0.25, 0.3) is 11.8 Å². The number of aromatic nitrogens is 4. The Bertz CT molecular complexity index is 3540. The number of carbonyl (C=O) groups is 4. The predicted octanol–water partition coefficient (Wildman–Crippen LogP) is 9.46. The van der Waals surface area contributed by atoms with Crippen molar-refractivity contribution in [1.29, 1.82) is 0 Å². The van der Waals surface area contributed by atoms with Gasteiger partial charge in [-0.25, -0.2) is 22.4 Å². The van der Waals surface area contributed by atoms with Crippen molar-refractivity contribution in [3.63, 3.8) is 0 Å². The molecule has 0 spiro atoms. The Labute approximate surface area is 467 Å². The van der Waals surface area contributed by atoms with Gasteiger partial charge in [-0.3, -0.25) is 19.2 Å². The number of ether oxygens (including phenoxy) is 2. The van der Waals surface area contributed by atoms with Crippen molar-refractivity contribution >= 4 is 79.4 Å². The fraction of sp³-hybridized carbons (Fsp3) is 0.397. The maximum atomic E-state index is 14.2. The first-order valence-corrected chi connectivity index (χ1v) is 28.9. The maximum Gasteiger partial charge on any atom is 0.435 e. The third-order valence-corrected chi connectivity index (χ3v) is 16.5. The van der Waals surface area contributed by atoms with Crippen molar-refractivity contribution in [2.24, 2.45) is 23.0 Å². The van der Waals surface area contributed by atoms with Crippen LogP contribution in [0.3, 0.4) is 0 Å². The van der Waals surface area contributed by atoms with Crippen LogP contribution in [0.5, 0.6) is 11.5 Å². The predicted molar refractivity (Wildman–Crippen MR) is 301 cm³/mol. The van der Waals surface area contributed by atoms with Gasteiger partial charge in [-0.15, -0.1) is 0 Å². The molecule has 19 nitrogen and oxygen atoms in total. The fourth-order valence-corrected chi connectivity index (χ4v) is 12.3. The van der Waals surface area contributed by atoms with Crippen LogP contribution >= 0.6 is 0 Å². The summed E-state index contributed by atoms with van der Waals surface area (Å²) in [5, 5.41) is 7.06. The number of para-hydroxylation sites is 1. The minimum Gasteiger partial charge on any atom is -0.493 e. The van der Waals surface area contributed by atoms with Crippen molar-refractivity contribution in [3.8, 4) is 17.2 Å². The molecule has 3 N–H and O–H groups in total. The molecule has 0 atom stereocenters. The van der Waals surface area contributed by atoms with Gasteiger partial charge in [0.1, 0.15) is 17.2 Å². The van der Waals surface area contributed by atoms with Crippen LogP contribution in [0.2, 0.25) is 0 Å². The summed E-state index contributed by atoms with van der Waals surface area (Å²) in [5.41, 5.74) is 7.01. The molecule has 3 amide bonds. The Hall–Kier alpha value is -8.21. The SMILES string of the molecule is CCOc1cc(N2CCC(C(=O)N3CCC(COc4ccc(Nc5cc(-n6nc(C(F)(F)F)c7c6CC(C)(C)CC7=O)ccc5C(N)=O)cc4)CC3)CC2)ccc1N(CC)c1ncc2c(n1)N(S(C)(=O)=O)c1ccccc1C(=O)N2C. The van der Waals surface area contributed by atoms with Gasteiger partial charge in [0.15, 0.2) is 17.3 Å². The molecule has 2 fully saturated rings. The molecule has 6 aromatic rings. The minimum absolute atomic E-state index is 0.0398. The molecule has 0 saturated carbocycles. The van der Waals surface area contributed by atoms with Gasteiger partial charge in [-0.2, -0.15) is 23.3 Å². The fourth-order valence-electron chi connectivity index (χ4n) is 11.4. The summed E-state index contributed by atoms with van der Waals surface area (Å²) in [5.74, 6) is -0.0320. The highest BCUT2D eigenvalue weighted by Crippen LogP contribution is 2.45. The molecule has 23 heteroatoms. The van der Waals surface area contributed by atoms with E-state index in [2.05, 4.69) is 20.3 Å². The van der Waals surface area contributed by atoms with Crippen molar-refractivity contribution in [2.75, 3.05) is 83.6 Å². The van der Waals surface area contributed by atoms with E-state index in [-0.39, 0.29) is 81.9 Å². The highest BCUT2D eigenvalue weighted by Gasteiger charge is 2.46. The monoisotopic (exact) mass is 1130 g/mol. The number of halogens is 3. The summed E-state index contributed by atoms with van der Waals surface area (Å²) < 4.78 is 84.0. The van der Waals surface area contributed by atoms with E-state index in [1.54, 1.807) is 55.6 Å². The lowest BCUT2D eigenvalue weighted by molar-refractivity contribution is -0.141. The number of fused-ring (bicyclic) bond motifs is 3. The number of alkyl halides is 3. The van der Waals surface area contributed by atoms with E-state index in [9.17, 15) is 40.8 Å². The Morgan fingerprint density at radius 3 is 2.25 bits per heavy atom. The van der Waals surface area contributed by atoms with E-state index in [1.807, 2.05) is 55.7 Å². The Morgan fingerprint density at radius 1 is 0.877 bits per heavy atom. The lowest BCUT2D eigenvalue weighted by Crippen LogP contribution is -2.46. The number of anilines is 8.